The van der Waals surface area contributed by atoms with Crippen LogP contribution in [-0.4, -0.2) is 17.7 Å². The predicted molar refractivity (Wildman–Crippen MR) is 72.3 cm³/mol. The van der Waals surface area contributed by atoms with Crippen molar-refractivity contribution in [3.8, 4) is 16.9 Å². The molecule has 3 heteroatoms. The van der Waals surface area contributed by atoms with Gasteiger partial charge in [0.15, 0.2) is 0 Å². The van der Waals surface area contributed by atoms with Crippen LogP contribution in [0.2, 0.25) is 0 Å². The molecule has 0 aromatic heterocycles. The fourth-order valence-electron chi connectivity index (χ4n) is 2.54. The van der Waals surface area contributed by atoms with Crippen molar-refractivity contribution in [2.75, 3.05) is 6.61 Å². The quantitative estimate of drug-likeness (QED) is 0.715. The zero-order valence-electron chi connectivity index (χ0n) is 10.6. The van der Waals surface area contributed by atoms with Crippen LogP contribution in [0, 0.1) is 0 Å². The number of rotatable bonds is 2. The molecule has 0 atom stereocenters. The Morgan fingerprint density at radius 2 is 2.00 bits per heavy atom. The number of esters is 1. The average molecular weight is 254 g/mol. The van der Waals surface area contributed by atoms with Gasteiger partial charge in [0.05, 0.1) is 6.61 Å². The second-order valence-corrected chi connectivity index (χ2v) is 4.58. The van der Waals surface area contributed by atoms with Crippen molar-refractivity contribution >= 4 is 5.97 Å². The molecule has 0 fully saturated rings. The number of phenolic OH excluding ortho intramolecular Hbond substituents is 1. The minimum absolute atomic E-state index is 0.0195. The van der Waals surface area contributed by atoms with Gasteiger partial charge in [-0.25, -0.2) is 4.79 Å². The standard InChI is InChI=1S/C16H14O3/c1-2-19-16(18)14-8-11-7-10-5-3-4-6-12(10)13(11)9-15(14)17/h3-6,8-9,17H,2,7H2,1H3. The lowest BCUT2D eigenvalue weighted by molar-refractivity contribution is 0.0523. The average Bonchev–Trinajstić information content (AvgIpc) is 2.76. The largest absolute Gasteiger partial charge is 0.507 e. The van der Waals surface area contributed by atoms with Crippen LogP contribution >= 0.6 is 0 Å². The highest BCUT2D eigenvalue weighted by Crippen LogP contribution is 2.39. The topological polar surface area (TPSA) is 46.5 Å². The van der Waals surface area contributed by atoms with Crippen LogP contribution in [0.1, 0.15) is 28.4 Å². The summed E-state index contributed by atoms with van der Waals surface area (Å²) in [7, 11) is 0. The van der Waals surface area contributed by atoms with Crippen LogP contribution in [0.15, 0.2) is 36.4 Å². The van der Waals surface area contributed by atoms with Crippen molar-refractivity contribution in [1.29, 1.82) is 0 Å². The van der Waals surface area contributed by atoms with Gasteiger partial charge in [-0.1, -0.05) is 24.3 Å². The Morgan fingerprint density at radius 3 is 2.79 bits per heavy atom. The summed E-state index contributed by atoms with van der Waals surface area (Å²) in [6, 6.07) is 11.5. The van der Waals surface area contributed by atoms with Gasteiger partial charge in [-0.3, -0.25) is 0 Å². The number of benzene rings is 2. The van der Waals surface area contributed by atoms with Gasteiger partial charge >= 0.3 is 5.97 Å². The third-order valence-electron chi connectivity index (χ3n) is 3.41. The molecular formula is C16H14O3. The Morgan fingerprint density at radius 1 is 1.21 bits per heavy atom. The Kier molecular flexibility index (Phi) is 2.75. The minimum atomic E-state index is -0.473. The van der Waals surface area contributed by atoms with Gasteiger partial charge in [-0.05, 0) is 47.7 Å². The summed E-state index contributed by atoms with van der Waals surface area (Å²) in [5.74, 6) is -0.493. The number of aromatic hydroxyl groups is 1. The molecule has 0 amide bonds. The summed E-state index contributed by atoms with van der Waals surface area (Å²) >= 11 is 0. The molecule has 2 aromatic rings. The summed E-state index contributed by atoms with van der Waals surface area (Å²) in [5, 5.41) is 10.00. The molecule has 1 aliphatic rings. The van der Waals surface area contributed by atoms with Crippen LogP contribution in [0.4, 0.5) is 0 Å². The number of phenols is 1. The minimum Gasteiger partial charge on any atom is -0.507 e. The van der Waals surface area contributed by atoms with Gasteiger partial charge in [0.1, 0.15) is 11.3 Å². The van der Waals surface area contributed by atoms with E-state index < -0.39 is 5.97 Å². The molecule has 0 radical (unpaired) electrons. The van der Waals surface area contributed by atoms with E-state index in [1.807, 2.05) is 18.2 Å². The van der Waals surface area contributed by atoms with Crippen molar-refractivity contribution in [2.24, 2.45) is 0 Å². The monoisotopic (exact) mass is 254 g/mol. The first-order valence-corrected chi connectivity index (χ1v) is 6.32. The fraction of sp³-hybridized carbons (Fsp3) is 0.188. The van der Waals surface area contributed by atoms with E-state index in [-0.39, 0.29) is 11.3 Å². The van der Waals surface area contributed by atoms with Crippen molar-refractivity contribution in [2.45, 2.75) is 13.3 Å². The number of carbonyl (C=O) groups excluding carboxylic acids is 1. The maximum Gasteiger partial charge on any atom is 0.341 e. The molecule has 0 saturated heterocycles. The normalized spacial score (nSPS) is 11.8. The van der Waals surface area contributed by atoms with E-state index in [2.05, 4.69) is 6.07 Å². The fourth-order valence-corrected chi connectivity index (χ4v) is 2.54. The smallest absolute Gasteiger partial charge is 0.341 e. The molecular weight excluding hydrogens is 240 g/mol. The van der Waals surface area contributed by atoms with Crippen molar-refractivity contribution in [3.63, 3.8) is 0 Å². The number of hydrogen-bond acceptors (Lipinski definition) is 3. The highest BCUT2D eigenvalue weighted by atomic mass is 16.5. The lowest BCUT2D eigenvalue weighted by Gasteiger charge is -2.07. The molecule has 0 unspecified atom stereocenters. The van der Waals surface area contributed by atoms with Gasteiger partial charge in [0, 0.05) is 0 Å². The molecule has 0 bridgehead atoms. The second kappa shape index (κ2) is 4.43. The van der Waals surface area contributed by atoms with E-state index >= 15 is 0 Å². The maximum atomic E-state index is 11.8. The first-order chi connectivity index (χ1) is 9.20. The molecule has 3 rings (SSSR count). The van der Waals surface area contributed by atoms with Crippen LogP contribution in [0.3, 0.4) is 0 Å². The van der Waals surface area contributed by atoms with Gasteiger partial charge in [0.25, 0.3) is 0 Å². The summed E-state index contributed by atoms with van der Waals surface area (Å²) in [5.41, 5.74) is 4.65. The van der Waals surface area contributed by atoms with Gasteiger partial charge in [-0.2, -0.15) is 0 Å². The van der Waals surface area contributed by atoms with E-state index in [1.165, 1.54) is 5.56 Å². The Labute approximate surface area is 111 Å². The number of fused-ring (bicyclic) bond motifs is 3. The second-order valence-electron chi connectivity index (χ2n) is 4.58. The van der Waals surface area contributed by atoms with Crippen LogP contribution in [0.25, 0.3) is 11.1 Å². The maximum absolute atomic E-state index is 11.8. The number of ether oxygens (including phenoxy) is 1. The van der Waals surface area contributed by atoms with E-state index in [4.69, 9.17) is 4.74 Å². The van der Waals surface area contributed by atoms with Gasteiger partial charge < -0.3 is 9.84 Å². The lowest BCUT2D eigenvalue weighted by atomic mass is 10.0. The number of hydrogen-bond donors (Lipinski definition) is 1. The SMILES string of the molecule is CCOC(=O)c1cc2c(cc1O)-c1ccccc1C2. The molecule has 0 saturated carbocycles. The first kappa shape index (κ1) is 11.8. The Balaban J connectivity index is 2.08. The molecule has 96 valence electrons. The van der Waals surface area contributed by atoms with E-state index in [0.717, 1.165) is 23.1 Å². The highest BCUT2D eigenvalue weighted by molar-refractivity contribution is 5.94. The molecule has 0 spiro atoms. The molecule has 3 nitrogen and oxygen atoms in total. The van der Waals surface area contributed by atoms with Gasteiger partial charge in [0.2, 0.25) is 0 Å². The molecule has 0 aliphatic heterocycles. The van der Waals surface area contributed by atoms with Crippen molar-refractivity contribution < 1.29 is 14.6 Å². The first-order valence-electron chi connectivity index (χ1n) is 6.32. The third kappa shape index (κ3) is 1.87. The van der Waals surface area contributed by atoms with E-state index in [1.54, 1.807) is 19.1 Å². The lowest BCUT2D eigenvalue weighted by Crippen LogP contribution is -2.05. The number of carbonyl (C=O) groups is 1. The van der Waals surface area contributed by atoms with E-state index in [9.17, 15) is 9.90 Å². The van der Waals surface area contributed by atoms with Crippen LogP contribution in [0.5, 0.6) is 5.75 Å². The molecule has 1 aliphatic carbocycles. The van der Waals surface area contributed by atoms with E-state index in [0.29, 0.717) is 6.61 Å². The highest BCUT2D eigenvalue weighted by Gasteiger charge is 2.22. The van der Waals surface area contributed by atoms with Crippen LogP contribution in [-0.2, 0) is 11.2 Å². The van der Waals surface area contributed by atoms with Crippen molar-refractivity contribution in [1.82, 2.24) is 0 Å². The Hall–Kier alpha value is -2.29. The summed E-state index contributed by atoms with van der Waals surface area (Å²) in [6.45, 7) is 2.05. The zero-order chi connectivity index (χ0) is 13.4. The summed E-state index contributed by atoms with van der Waals surface area (Å²) in [4.78, 5) is 11.8. The Bertz CT molecular complexity index is 659. The molecule has 0 heterocycles. The molecule has 2 aromatic carbocycles. The summed E-state index contributed by atoms with van der Waals surface area (Å²) in [6.07, 6.45) is 0.790. The molecule has 1 N–H and O–H groups in total. The van der Waals surface area contributed by atoms with Gasteiger partial charge in [-0.15, -0.1) is 0 Å². The third-order valence-corrected chi connectivity index (χ3v) is 3.41. The zero-order valence-corrected chi connectivity index (χ0v) is 10.6. The van der Waals surface area contributed by atoms with Crippen LogP contribution < -0.4 is 0 Å². The molecule has 19 heavy (non-hydrogen) atoms. The predicted octanol–water partition coefficient (Wildman–Crippen LogP) is 3.14. The summed E-state index contributed by atoms with van der Waals surface area (Å²) < 4.78 is 4.95. The van der Waals surface area contributed by atoms with Crippen molar-refractivity contribution in [3.05, 3.63) is 53.1 Å².